The maximum Gasteiger partial charge on any atom is -0.00692 e. The first kappa shape index (κ1) is 11.1. The van der Waals surface area contributed by atoms with Crippen LogP contribution in [0.25, 0.3) is 0 Å². The lowest BCUT2D eigenvalue weighted by Crippen LogP contribution is -1.99. The zero-order valence-electron chi connectivity index (χ0n) is 8.09. The van der Waals surface area contributed by atoms with Gasteiger partial charge in [0.15, 0.2) is 0 Å². The lowest BCUT2D eigenvalue weighted by molar-refractivity contribution is 0.538. The van der Waals surface area contributed by atoms with Gasteiger partial charge in [-0.3, -0.25) is 0 Å². The average Bonchev–Trinajstić information content (AvgIpc) is 1.85. The molecule has 11 heavy (non-hydrogen) atoms. The van der Waals surface area contributed by atoms with E-state index in [9.17, 15) is 0 Å². The van der Waals surface area contributed by atoms with Crippen molar-refractivity contribution in [3.05, 3.63) is 12.2 Å². The minimum Gasteiger partial charge on any atom is -0.179 e. The third kappa shape index (κ3) is 7.99. The molecule has 1 unspecified atom stereocenters. The van der Waals surface area contributed by atoms with Crippen LogP contribution in [0.15, 0.2) is 12.2 Å². The van der Waals surface area contributed by atoms with E-state index < -0.39 is 0 Å². The fourth-order valence-electron chi connectivity index (χ4n) is 0.728. The molecule has 0 N–H and O–H groups in total. The van der Waals surface area contributed by atoms with Crippen LogP contribution in [0, 0.1) is 11.3 Å². The number of hydrogen-bond acceptors (Lipinski definition) is 1. The van der Waals surface area contributed by atoms with Crippen molar-refractivity contribution in [1.82, 2.24) is 0 Å². The Hall–Kier alpha value is 0.0900. The summed E-state index contributed by atoms with van der Waals surface area (Å²) < 4.78 is 0. The molecule has 1 heteroatoms. The normalized spacial score (nSPS) is 15.7. The highest BCUT2D eigenvalue weighted by molar-refractivity contribution is 7.80. The molecule has 0 amide bonds. The summed E-state index contributed by atoms with van der Waals surface area (Å²) in [6, 6.07) is 0. The Labute approximate surface area is 76.5 Å². The topological polar surface area (TPSA) is 0 Å². The first-order valence-corrected chi connectivity index (χ1v) is 4.87. The van der Waals surface area contributed by atoms with Gasteiger partial charge in [0.1, 0.15) is 0 Å². The SMILES string of the molecule is CC(CS)C/C=C/C(C)(C)C. The third-order valence-corrected chi connectivity index (χ3v) is 2.09. The van der Waals surface area contributed by atoms with Gasteiger partial charge in [0.05, 0.1) is 0 Å². The van der Waals surface area contributed by atoms with Gasteiger partial charge >= 0.3 is 0 Å². The Balaban J connectivity index is 3.61. The molecule has 0 heterocycles. The fourth-order valence-corrected chi connectivity index (χ4v) is 0.878. The Bertz CT molecular complexity index is 119. The van der Waals surface area contributed by atoms with Crippen LogP contribution in [-0.4, -0.2) is 5.75 Å². The molecule has 0 fully saturated rings. The highest BCUT2D eigenvalue weighted by Gasteiger charge is 2.03. The molecule has 66 valence electrons. The molecule has 0 spiro atoms. The maximum atomic E-state index is 4.23. The molecule has 0 saturated carbocycles. The van der Waals surface area contributed by atoms with Gasteiger partial charge in [-0.2, -0.15) is 12.6 Å². The molecule has 0 nitrogen and oxygen atoms in total. The second-order valence-electron chi connectivity index (χ2n) is 4.29. The summed E-state index contributed by atoms with van der Waals surface area (Å²) in [6.45, 7) is 8.87. The lowest BCUT2D eigenvalue weighted by Gasteiger charge is -2.11. The molecule has 0 aliphatic rings. The van der Waals surface area contributed by atoms with E-state index >= 15 is 0 Å². The van der Waals surface area contributed by atoms with Crippen LogP contribution < -0.4 is 0 Å². The Morgan fingerprint density at radius 2 is 1.91 bits per heavy atom. The minimum atomic E-state index is 0.330. The fraction of sp³-hybridized carbons (Fsp3) is 0.800. The van der Waals surface area contributed by atoms with E-state index in [1.165, 1.54) is 0 Å². The molecule has 1 atom stereocenters. The lowest BCUT2D eigenvalue weighted by atomic mass is 9.95. The molecule has 0 rings (SSSR count). The third-order valence-electron chi connectivity index (χ3n) is 1.47. The Morgan fingerprint density at radius 3 is 2.27 bits per heavy atom. The van der Waals surface area contributed by atoms with Crippen LogP contribution in [0.1, 0.15) is 34.1 Å². The maximum absolute atomic E-state index is 4.23. The predicted molar refractivity (Wildman–Crippen MR) is 56.2 cm³/mol. The molecule has 0 aromatic carbocycles. The van der Waals surface area contributed by atoms with Crippen molar-refractivity contribution in [3.8, 4) is 0 Å². The van der Waals surface area contributed by atoms with Crippen LogP contribution in [0.5, 0.6) is 0 Å². The standard InChI is InChI=1S/C10H20S/c1-9(8-11)6-5-7-10(2,3)4/h5,7,9,11H,6,8H2,1-4H3/b7-5+. The van der Waals surface area contributed by atoms with E-state index in [-0.39, 0.29) is 0 Å². The summed E-state index contributed by atoms with van der Waals surface area (Å²) in [7, 11) is 0. The molecule has 0 aliphatic heterocycles. The quantitative estimate of drug-likeness (QED) is 0.488. The van der Waals surface area contributed by atoms with Gasteiger partial charge in [-0.05, 0) is 23.5 Å². The number of allylic oxidation sites excluding steroid dienone is 2. The predicted octanol–water partition coefficient (Wildman–Crippen LogP) is 3.54. The smallest absolute Gasteiger partial charge is 0.00692 e. The van der Waals surface area contributed by atoms with Crippen molar-refractivity contribution in [2.75, 3.05) is 5.75 Å². The van der Waals surface area contributed by atoms with Gasteiger partial charge in [0, 0.05) is 0 Å². The highest BCUT2D eigenvalue weighted by Crippen LogP contribution is 2.16. The average molecular weight is 172 g/mol. The van der Waals surface area contributed by atoms with E-state index in [2.05, 4.69) is 52.5 Å². The molecule has 0 aromatic heterocycles. The molecule has 0 aliphatic carbocycles. The van der Waals surface area contributed by atoms with E-state index in [1.54, 1.807) is 0 Å². The number of hydrogen-bond donors (Lipinski definition) is 1. The summed E-state index contributed by atoms with van der Waals surface area (Å²) in [6.07, 6.45) is 5.69. The summed E-state index contributed by atoms with van der Waals surface area (Å²) >= 11 is 4.23. The zero-order valence-corrected chi connectivity index (χ0v) is 8.99. The van der Waals surface area contributed by atoms with Gasteiger partial charge < -0.3 is 0 Å². The van der Waals surface area contributed by atoms with Crippen molar-refractivity contribution >= 4 is 12.6 Å². The van der Waals surface area contributed by atoms with Crippen molar-refractivity contribution in [1.29, 1.82) is 0 Å². The Morgan fingerprint density at radius 1 is 1.36 bits per heavy atom. The van der Waals surface area contributed by atoms with E-state index in [0.29, 0.717) is 11.3 Å². The summed E-state index contributed by atoms with van der Waals surface area (Å²) in [4.78, 5) is 0. The summed E-state index contributed by atoms with van der Waals surface area (Å²) in [5, 5.41) is 0. The Kier molecular flexibility index (Phi) is 4.91. The van der Waals surface area contributed by atoms with Crippen molar-refractivity contribution < 1.29 is 0 Å². The number of rotatable bonds is 3. The van der Waals surface area contributed by atoms with E-state index in [1.807, 2.05) is 0 Å². The second kappa shape index (κ2) is 4.87. The van der Waals surface area contributed by atoms with Crippen molar-refractivity contribution in [3.63, 3.8) is 0 Å². The van der Waals surface area contributed by atoms with Crippen LogP contribution >= 0.6 is 12.6 Å². The molecule has 0 bridgehead atoms. The van der Waals surface area contributed by atoms with Crippen molar-refractivity contribution in [2.24, 2.45) is 11.3 Å². The molecule has 0 radical (unpaired) electrons. The second-order valence-corrected chi connectivity index (χ2v) is 4.66. The monoisotopic (exact) mass is 172 g/mol. The summed E-state index contributed by atoms with van der Waals surface area (Å²) in [5.74, 6) is 1.69. The molecular formula is C10H20S. The van der Waals surface area contributed by atoms with Gasteiger partial charge in [-0.1, -0.05) is 39.8 Å². The summed E-state index contributed by atoms with van der Waals surface area (Å²) in [5.41, 5.74) is 0.330. The minimum absolute atomic E-state index is 0.330. The van der Waals surface area contributed by atoms with Crippen molar-refractivity contribution in [2.45, 2.75) is 34.1 Å². The van der Waals surface area contributed by atoms with Gasteiger partial charge in [0.25, 0.3) is 0 Å². The van der Waals surface area contributed by atoms with E-state index in [0.717, 1.165) is 12.2 Å². The number of thiol groups is 1. The van der Waals surface area contributed by atoms with Crippen LogP contribution in [0.4, 0.5) is 0 Å². The molecular weight excluding hydrogens is 152 g/mol. The first-order valence-electron chi connectivity index (χ1n) is 4.24. The molecule has 0 aromatic rings. The van der Waals surface area contributed by atoms with Crippen LogP contribution in [-0.2, 0) is 0 Å². The largest absolute Gasteiger partial charge is 0.179 e. The van der Waals surface area contributed by atoms with Gasteiger partial charge in [-0.15, -0.1) is 0 Å². The molecule has 0 saturated heterocycles. The van der Waals surface area contributed by atoms with Crippen LogP contribution in [0.2, 0.25) is 0 Å². The van der Waals surface area contributed by atoms with Gasteiger partial charge in [0.2, 0.25) is 0 Å². The zero-order chi connectivity index (χ0) is 8.91. The first-order chi connectivity index (χ1) is 4.95. The van der Waals surface area contributed by atoms with Gasteiger partial charge in [-0.25, -0.2) is 0 Å². The van der Waals surface area contributed by atoms with E-state index in [4.69, 9.17) is 0 Å². The highest BCUT2D eigenvalue weighted by atomic mass is 32.1. The van der Waals surface area contributed by atoms with Crippen LogP contribution in [0.3, 0.4) is 0 Å².